The van der Waals surface area contributed by atoms with E-state index in [-0.39, 0.29) is 12.5 Å². The van der Waals surface area contributed by atoms with Crippen LogP contribution in [0.1, 0.15) is 16.1 Å². The van der Waals surface area contributed by atoms with Crippen LogP contribution in [0.4, 0.5) is 0 Å². The fourth-order valence-electron chi connectivity index (χ4n) is 4.34. The second-order valence-electron chi connectivity index (χ2n) is 8.79. The Balaban J connectivity index is 1.19. The molecule has 1 aliphatic rings. The molecule has 1 saturated heterocycles. The smallest absolute Gasteiger partial charge is 0.317 e. The average Bonchev–Trinajstić information content (AvgIpc) is 3.36. The number of nitrogens with two attached hydrogens (primary N) is 1. The van der Waals surface area contributed by atoms with E-state index < -0.39 is 0 Å². The standard InChI is InChI=1S/C27H27N7O2S/c28-10-8-24-32-26-21(2-1-3-23(26)37-24)22-9-11-30-27(31-22)36-18-20-6-4-19(5-7-20)17-33-12-14-34(15-13-33)25(35)16-29/h1-7,9,11H,8,12-18,29H2. The quantitative estimate of drug-likeness (QED) is 0.382. The number of carbonyl (C=O) groups excluding carboxylic acids is 1. The highest BCUT2D eigenvalue weighted by Gasteiger charge is 2.20. The van der Waals surface area contributed by atoms with Crippen LogP contribution in [0.15, 0.2) is 54.7 Å². The molecule has 5 rings (SSSR count). The number of thiazole rings is 1. The van der Waals surface area contributed by atoms with E-state index in [1.165, 1.54) is 16.9 Å². The molecular weight excluding hydrogens is 486 g/mol. The number of nitrogens with zero attached hydrogens (tertiary/aromatic N) is 6. The Kier molecular flexibility index (Phi) is 7.65. The van der Waals surface area contributed by atoms with Crippen molar-refractivity contribution in [3.05, 3.63) is 70.9 Å². The van der Waals surface area contributed by atoms with Crippen LogP contribution in [-0.2, 0) is 24.4 Å². The lowest BCUT2D eigenvalue weighted by molar-refractivity contribution is -0.131. The topological polar surface area (TPSA) is 121 Å². The molecule has 9 nitrogen and oxygen atoms in total. The number of ether oxygens (including phenoxy) is 1. The SMILES string of the molecule is N#CCc1nc2c(-c3ccnc(OCc4ccc(CN5CCN(C(=O)CN)CC5)cc4)n3)cccc2s1. The average molecular weight is 514 g/mol. The molecule has 2 aromatic carbocycles. The van der Waals surface area contributed by atoms with Crippen molar-refractivity contribution in [3.8, 4) is 23.3 Å². The summed E-state index contributed by atoms with van der Waals surface area (Å²) in [6.07, 6.45) is 1.98. The Morgan fingerprint density at radius 2 is 1.84 bits per heavy atom. The molecule has 1 fully saturated rings. The Bertz CT molecular complexity index is 1420. The van der Waals surface area contributed by atoms with Gasteiger partial charge in [-0.25, -0.2) is 9.97 Å². The number of piperazine rings is 1. The Labute approximate surface area is 219 Å². The van der Waals surface area contributed by atoms with Crippen molar-refractivity contribution in [1.29, 1.82) is 5.26 Å². The maximum atomic E-state index is 11.7. The third-order valence-corrected chi connectivity index (χ3v) is 7.32. The summed E-state index contributed by atoms with van der Waals surface area (Å²) in [5.74, 6) is 0.0171. The minimum absolute atomic E-state index is 0.0171. The van der Waals surface area contributed by atoms with Gasteiger partial charge in [0.05, 0.1) is 34.9 Å². The van der Waals surface area contributed by atoms with Crippen molar-refractivity contribution in [2.45, 2.75) is 19.6 Å². The van der Waals surface area contributed by atoms with E-state index in [0.29, 0.717) is 19.0 Å². The Morgan fingerprint density at radius 3 is 2.59 bits per heavy atom. The molecule has 0 aliphatic carbocycles. The zero-order valence-corrected chi connectivity index (χ0v) is 21.2. The molecule has 2 aromatic heterocycles. The highest BCUT2D eigenvalue weighted by Crippen LogP contribution is 2.31. The molecular formula is C27H27N7O2S. The van der Waals surface area contributed by atoms with Crippen molar-refractivity contribution >= 4 is 27.5 Å². The van der Waals surface area contributed by atoms with Crippen LogP contribution in [0.5, 0.6) is 6.01 Å². The molecule has 10 heteroatoms. The molecule has 188 valence electrons. The van der Waals surface area contributed by atoms with Crippen LogP contribution in [0.2, 0.25) is 0 Å². The van der Waals surface area contributed by atoms with Crippen LogP contribution in [0.25, 0.3) is 21.5 Å². The summed E-state index contributed by atoms with van der Waals surface area (Å²) in [6.45, 7) is 4.41. The minimum Gasteiger partial charge on any atom is -0.459 e. The number of fused-ring (bicyclic) bond motifs is 1. The van der Waals surface area contributed by atoms with E-state index in [9.17, 15) is 4.79 Å². The molecule has 1 amide bonds. The first-order chi connectivity index (χ1) is 18.1. The number of hydrogen-bond donors (Lipinski definition) is 1. The van der Waals surface area contributed by atoms with E-state index in [0.717, 1.165) is 64.8 Å². The second kappa shape index (κ2) is 11.4. The maximum Gasteiger partial charge on any atom is 0.317 e. The van der Waals surface area contributed by atoms with Crippen molar-refractivity contribution in [1.82, 2.24) is 24.8 Å². The van der Waals surface area contributed by atoms with E-state index in [2.05, 4.69) is 50.2 Å². The largest absolute Gasteiger partial charge is 0.459 e. The number of amides is 1. The van der Waals surface area contributed by atoms with Gasteiger partial charge in [0.2, 0.25) is 5.91 Å². The van der Waals surface area contributed by atoms with Crippen LogP contribution in [0.3, 0.4) is 0 Å². The Morgan fingerprint density at radius 1 is 1.05 bits per heavy atom. The van der Waals surface area contributed by atoms with Gasteiger partial charge in [-0.3, -0.25) is 9.69 Å². The summed E-state index contributed by atoms with van der Waals surface area (Å²) in [7, 11) is 0. The van der Waals surface area contributed by atoms with Gasteiger partial charge in [-0.15, -0.1) is 11.3 Å². The molecule has 37 heavy (non-hydrogen) atoms. The normalized spacial score (nSPS) is 14.0. The molecule has 0 unspecified atom stereocenters. The number of benzene rings is 2. The molecule has 1 aliphatic heterocycles. The molecule has 3 heterocycles. The van der Waals surface area contributed by atoms with Gasteiger partial charge in [-0.2, -0.15) is 10.2 Å². The first kappa shape index (κ1) is 24.8. The lowest BCUT2D eigenvalue weighted by Gasteiger charge is -2.34. The number of nitriles is 1. The maximum absolute atomic E-state index is 11.7. The second-order valence-corrected chi connectivity index (χ2v) is 9.90. The van der Waals surface area contributed by atoms with Crippen LogP contribution >= 0.6 is 11.3 Å². The van der Waals surface area contributed by atoms with Gasteiger partial charge in [0, 0.05) is 44.5 Å². The summed E-state index contributed by atoms with van der Waals surface area (Å²) in [4.78, 5) is 29.4. The molecule has 0 saturated carbocycles. The lowest BCUT2D eigenvalue weighted by atomic mass is 10.1. The summed E-state index contributed by atoms with van der Waals surface area (Å²) in [5, 5.41) is 9.80. The fourth-order valence-corrected chi connectivity index (χ4v) is 5.26. The molecule has 0 radical (unpaired) electrons. The van der Waals surface area contributed by atoms with E-state index in [1.54, 1.807) is 6.20 Å². The first-order valence-electron chi connectivity index (χ1n) is 12.1. The van der Waals surface area contributed by atoms with Crippen LogP contribution < -0.4 is 10.5 Å². The predicted octanol–water partition coefficient (Wildman–Crippen LogP) is 3.00. The number of carbonyl (C=O) groups is 1. The fraction of sp³-hybridized carbons (Fsp3) is 0.296. The van der Waals surface area contributed by atoms with E-state index >= 15 is 0 Å². The van der Waals surface area contributed by atoms with Crippen molar-refractivity contribution < 1.29 is 9.53 Å². The third-order valence-electron chi connectivity index (χ3n) is 6.30. The zero-order valence-electron chi connectivity index (χ0n) is 20.3. The number of hydrogen-bond acceptors (Lipinski definition) is 9. The lowest BCUT2D eigenvalue weighted by Crippen LogP contribution is -2.49. The van der Waals surface area contributed by atoms with E-state index in [1.807, 2.05) is 29.2 Å². The summed E-state index contributed by atoms with van der Waals surface area (Å²) in [6, 6.07) is 18.6. The highest BCUT2D eigenvalue weighted by atomic mass is 32.1. The third kappa shape index (κ3) is 5.91. The van der Waals surface area contributed by atoms with Crippen molar-refractivity contribution in [2.24, 2.45) is 5.73 Å². The molecule has 0 spiro atoms. The summed E-state index contributed by atoms with van der Waals surface area (Å²) >= 11 is 1.52. The minimum atomic E-state index is 0.0171. The predicted molar refractivity (Wildman–Crippen MR) is 142 cm³/mol. The number of para-hydroxylation sites is 1. The van der Waals surface area contributed by atoms with Gasteiger partial charge in [0.1, 0.15) is 11.6 Å². The number of aromatic nitrogens is 3. The van der Waals surface area contributed by atoms with Gasteiger partial charge in [0.25, 0.3) is 0 Å². The van der Waals surface area contributed by atoms with Crippen LogP contribution in [0, 0.1) is 11.3 Å². The monoisotopic (exact) mass is 513 g/mol. The van der Waals surface area contributed by atoms with Gasteiger partial charge in [-0.1, -0.05) is 36.4 Å². The van der Waals surface area contributed by atoms with Gasteiger partial charge in [0.15, 0.2) is 0 Å². The number of rotatable bonds is 8. The van der Waals surface area contributed by atoms with Crippen LogP contribution in [-0.4, -0.2) is 63.4 Å². The van der Waals surface area contributed by atoms with E-state index in [4.69, 9.17) is 15.7 Å². The summed E-state index contributed by atoms with van der Waals surface area (Å²) in [5.41, 5.74) is 10.2. The molecule has 2 N–H and O–H groups in total. The van der Waals surface area contributed by atoms with Crippen molar-refractivity contribution in [2.75, 3.05) is 32.7 Å². The molecule has 0 bridgehead atoms. The zero-order chi connectivity index (χ0) is 25.6. The van der Waals surface area contributed by atoms with Gasteiger partial charge in [-0.05, 0) is 23.3 Å². The Hall–Kier alpha value is -3.91. The van der Waals surface area contributed by atoms with Gasteiger partial charge < -0.3 is 15.4 Å². The van der Waals surface area contributed by atoms with Gasteiger partial charge >= 0.3 is 6.01 Å². The highest BCUT2D eigenvalue weighted by molar-refractivity contribution is 7.18. The van der Waals surface area contributed by atoms with Crippen molar-refractivity contribution in [3.63, 3.8) is 0 Å². The molecule has 0 atom stereocenters. The molecule has 4 aromatic rings. The first-order valence-corrected chi connectivity index (χ1v) is 12.9. The summed E-state index contributed by atoms with van der Waals surface area (Å²) < 4.78 is 6.93.